The number of nitrogens with two attached hydrogens (primary N) is 1. The van der Waals surface area contributed by atoms with Crippen molar-refractivity contribution in [2.45, 2.75) is 64.1 Å². The molecule has 0 atom stereocenters. The van der Waals surface area contributed by atoms with E-state index < -0.39 is 0 Å². The van der Waals surface area contributed by atoms with E-state index in [1.165, 1.54) is 17.8 Å². The van der Waals surface area contributed by atoms with E-state index in [1.807, 2.05) is 6.33 Å². The number of rotatable bonds is 4. The topological polar surface area (TPSA) is 74.5 Å². The smallest absolute Gasteiger partial charge is 0.153 e. The van der Waals surface area contributed by atoms with Gasteiger partial charge in [0.15, 0.2) is 5.82 Å². The largest absolute Gasteiger partial charge is 0.328 e. The zero-order chi connectivity index (χ0) is 14.4. The van der Waals surface area contributed by atoms with Crippen LogP contribution in [0.25, 0.3) is 0 Å². The molecule has 0 aromatic carbocycles. The molecule has 0 spiro atoms. The first-order valence-electron chi connectivity index (χ1n) is 7.96. The average molecular weight is 286 g/mol. The van der Waals surface area contributed by atoms with Crippen LogP contribution in [0, 0.1) is 0 Å². The van der Waals surface area contributed by atoms with Crippen LogP contribution < -0.4 is 5.73 Å². The van der Waals surface area contributed by atoms with Crippen LogP contribution in [0.3, 0.4) is 0 Å². The number of fused-ring (bicyclic) bond motifs is 1. The van der Waals surface area contributed by atoms with Gasteiger partial charge in [-0.2, -0.15) is 0 Å². The summed E-state index contributed by atoms with van der Waals surface area (Å²) in [5.41, 5.74) is 8.55. The van der Waals surface area contributed by atoms with Gasteiger partial charge in [-0.25, -0.2) is 4.98 Å². The van der Waals surface area contributed by atoms with E-state index in [0.29, 0.717) is 12.0 Å². The average Bonchev–Trinajstić information content (AvgIpc) is 3.12. The fourth-order valence-corrected chi connectivity index (χ4v) is 3.64. The fraction of sp³-hybridized carbons (Fsp3) is 0.667. The van der Waals surface area contributed by atoms with Gasteiger partial charge < -0.3 is 14.9 Å². The third-order valence-electron chi connectivity index (χ3n) is 4.88. The van der Waals surface area contributed by atoms with Crippen molar-refractivity contribution in [3.05, 3.63) is 29.4 Å². The van der Waals surface area contributed by atoms with Gasteiger partial charge in [0.05, 0.1) is 18.6 Å². The predicted octanol–water partition coefficient (Wildman–Crippen LogP) is 1.24. The lowest BCUT2D eigenvalue weighted by Gasteiger charge is -2.31. The first kappa shape index (κ1) is 13.0. The maximum absolute atomic E-state index is 5.91. The zero-order valence-corrected chi connectivity index (χ0v) is 12.5. The van der Waals surface area contributed by atoms with E-state index >= 15 is 0 Å². The molecule has 0 bridgehead atoms. The molecular formula is C15H22N6. The van der Waals surface area contributed by atoms with Crippen molar-refractivity contribution < 1.29 is 0 Å². The van der Waals surface area contributed by atoms with E-state index in [2.05, 4.69) is 31.2 Å². The fourth-order valence-electron chi connectivity index (χ4n) is 3.64. The van der Waals surface area contributed by atoms with Gasteiger partial charge in [-0.1, -0.05) is 0 Å². The van der Waals surface area contributed by atoms with Crippen molar-refractivity contribution in [3.8, 4) is 0 Å². The standard InChI is InChI=1S/C15H22N6/c1-2-21-14(18-19-15(21)10-6-11(16)7-10)8-20-9-17-12-4-3-5-13(12)20/h9-11H,2-8,16H2,1H3. The summed E-state index contributed by atoms with van der Waals surface area (Å²) in [6.45, 7) is 3.86. The first-order valence-corrected chi connectivity index (χ1v) is 7.96. The molecule has 2 aromatic heterocycles. The van der Waals surface area contributed by atoms with E-state index in [1.54, 1.807) is 0 Å². The summed E-state index contributed by atoms with van der Waals surface area (Å²) in [7, 11) is 0. The predicted molar refractivity (Wildman–Crippen MR) is 79.0 cm³/mol. The van der Waals surface area contributed by atoms with Gasteiger partial charge in [0.2, 0.25) is 0 Å². The van der Waals surface area contributed by atoms with Gasteiger partial charge in [-0.15, -0.1) is 10.2 Å². The van der Waals surface area contributed by atoms with E-state index in [-0.39, 0.29) is 0 Å². The summed E-state index contributed by atoms with van der Waals surface area (Å²) in [4.78, 5) is 4.52. The normalized spacial score (nSPS) is 24.1. The minimum atomic E-state index is 0.345. The minimum Gasteiger partial charge on any atom is -0.328 e. The Morgan fingerprint density at radius 3 is 2.90 bits per heavy atom. The molecule has 1 saturated carbocycles. The summed E-state index contributed by atoms with van der Waals surface area (Å²) in [5.74, 6) is 2.65. The molecular weight excluding hydrogens is 264 g/mol. The summed E-state index contributed by atoms with van der Waals surface area (Å²) in [6.07, 6.45) is 7.52. The highest BCUT2D eigenvalue weighted by atomic mass is 15.3. The Kier molecular flexibility index (Phi) is 3.06. The maximum Gasteiger partial charge on any atom is 0.153 e. The Morgan fingerprint density at radius 2 is 2.14 bits per heavy atom. The van der Waals surface area contributed by atoms with Crippen molar-refractivity contribution >= 4 is 0 Å². The van der Waals surface area contributed by atoms with Gasteiger partial charge in [0, 0.05) is 24.2 Å². The Bertz CT molecular complexity index is 649. The summed E-state index contributed by atoms with van der Waals surface area (Å²) in [5, 5.41) is 8.88. The molecule has 6 heteroatoms. The van der Waals surface area contributed by atoms with Crippen molar-refractivity contribution in [2.75, 3.05) is 0 Å². The van der Waals surface area contributed by atoms with Crippen LogP contribution in [0.5, 0.6) is 0 Å². The molecule has 112 valence electrons. The second kappa shape index (κ2) is 4.94. The van der Waals surface area contributed by atoms with Crippen molar-refractivity contribution in [3.63, 3.8) is 0 Å². The second-order valence-electron chi connectivity index (χ2n) is 6.27. The number of aryl methyl sites for hydroxylation is 1. The van der Waals surface area contributed by atoms with Crippen molar-refractivity contribution in [1.29, 1.82) is 0 Å². The Morgan fingerprint density at radius 1 is 1.29 bits per heavy atom. The lowest BCUT2D eigenvalue weighted by molar-refractivity contribution is 0.328. The highest BCUT2D eigenvalue weighted by Crippen LogP contribution is 2.35. The van der Waals surface area contributed by atoms with Crippen molar-refractivity contribution in [2.24, 2.45) is 5.73 Å². The number of hydrogen-bond donors (Lipinski definition) is 1. The Balaban J connectivity index is 1.60. The van der Waals surface area contributed by atoms with Crippen LogP contribution in [0.2, 0.25) is 0 Å². The van der Waals surface area contributed by atoms with Gasteiger partial charge in [-0.05, 0) is 39.0 Å². The molecule has 2 aliphatic rings. The molecule has 6 nitrogen and oxygen atoms in total. The van der Waals surface area contributed by atoms with Crippen LogP contribution in [0.1, 0.15) is 55.1 Å². The van der Waals surface area contributed by atoms with Crippen LogP contribution in [-0.2, 0) is 25.9 Å². The van der Waals surface area contributed by atoms with Crippen LogP contribution in [0.15, 0.2) is 6.33 Å². The quantitative estimate of drug-likeness (QED) is 0.917. The number of imidazole rings is 1. The molecule has 2 N–H and O–H groups in total. The molecule has 0 aliphatic heterocycles. The lowest BCUT2D eigenvalue weighted by Crippen LogP contribution is -2.36. The van der Waals surface area contributed by atoms with Gasteiger partial charge in [-0.3, -0.25) is 0 Å². The molecule has 1 fully saturated rings. The van der Waals surface area contributed by atoms with Crippen LogP contribution in [-0.4, -0.2) is 30.4 Å². The Labute approximate surface area is 124 Å². The highest BCUT2D eigenvalue weighted by molar-refractivity contribution is 5.19. The van der Waals surface area contributed by atoms with Crippen LogP contribution in [0.4, 0.5) is 0 Å². The Hall–Kier alpha value is -1.69. The van der Waals surface area contributed by atoms with Gasteiger partial charge in [0.25, 0.3) is 0 Å². The van der Waals surface area contributed by atoms with E-state index in [0.717, 1.165) is 50.4 Å². The molecule has 2 aromatic rings. The molecule has 0 saturated heterocycles. The number of hydrogen-bond acceptors (Lipinski definition) is 4. The van der Waals surface area contributed by atoms with Gasteiger partial charge in [0.1, 0.15) is 5.82 Å². The molecule has 0 radical (unpaired) electrons. The SMILES string of the molecule is CCn1c(Cn2cnc3c2CCC3)nnc1C1CC(N)C1. The summed E-state index contributed by atoms with van der Waals surface area (Å²) >= 11 is 0. The van der Waals surface area contributed by atoms with E-state index in [9.17, 15) is 0 Å². The summed E-state index contributed by atoms with van der Waals surface area (Å²) in [6, 6.07) is 0.345. The highest BCUT2D eigenvalue weighted by Gasteiger charge is 2.32. The maximum atomic E-state index is 5.91. The van der Waals surface area contributed by atoms with Crippen molar-refractivity contribution in [1.82, 2.24) is 24.3 Å². The third-order valence-corrected chi connectivity index (χ3v) is 4.88. The number of aromatic nitrogens is 5. The molecule has 0 unspecified atom stereocenters. The second-order valence-corrected chi connectivity index (χ2v) is 6.27. The minimum absolute atomic E-state index is 0.345. The summed E-state index contributed by atoms with van der Waals surface area (Å²) < 4.78 is 4.51. The van der Waals surface area contributed by atoms with E-state index in [4.69, 9.17) is 5.73 Å². The molecule has 2 aliphatic carbocycles. The third kappa shape index (κ3) is 2.09. The first-order chi connectivity index (χ1) is 10.3. The monoisotopic (exact) mass is 286 g/mol. The van der Waals surface area contributed by atoms with Crippen LogP contribution >= 0.6 is 0 Å². The molecule has 21 heavy (non-hydrogen) atoms. The lowest BCUT2D eigenvalue weighted by atomic mass is 9.80. The molecule has 4 rings (SSSR count). The molecule has 2 heterocycles. The molecule has 0 amide bonds. The van der Waals surface area contributed by atoms with Gasteiger partial charge >= 0.3 is 0 Å². The zero-order valence-electron chi connectivity index (χ0n) is 12.5. The number of nitrogens with zero attached hydrogens (tertiary/aromatic N) is 5.